The molecule has 0 spiro atoms. The molecule has 0 aromatic heterocycles. The third kappa shape index (κ3) is 3.16. The second kappa shape index (κ2) is 5.46. The summed E-state index contributed by atoms with van der Waals surface area (Å²) in [6.07, 6.45) is 1.36. The van der Waals surface area contributed by atoms with Crippen molar-refractivity contribution in [3.63, 3.8) is 0 Å². The summed E-state index contributed by atoms with van der Waals surface area (Å²) < 4.78 is 0. The fraction of sp³-hybridized carbons (Fsp3) is 0.533. The van der Waals surface area contributed by atoms with Gasteiger partial charge in [-0.2, -0.15) is 0 Å². The van der Waals surface area contributed by atoms with E-state index in [4.69, 9.17) is 0 Å². The molecule has 2 nitrogen and oxygen atoms in total. The van der Waals surface area contributed by atoms with Crippen molar-refractivity contribution >= 4 is 5.78 Å². The Labute approximate surface area is 105 Å². The number of nitrogens with zero attached hydrogens (tertiary/aromatic N) is 1. The van der Waals surface area contributed by atoms with Crippen LogP contribution in [0.2, 0.25) is 0 Å². The molecule has 0 saturated carbocycles. The topological polar surface area (TPSA) is 20.3 Å². The van der Waals surface area contributed by atoms with Crippen molar-refractivity contribution < 1.29 is 4.79 Å². The molecule has 0 fully saturated rings. The van der Waals surface area contributed by atoms with E-state index in [1.165, 1.54) is 5.56 Å². The summed E-state index contributed by atoms with van der Waals surface area (Å²) in [7, 11) is 3.94. The molecule has 0 amide bonds. The van der Waals surface area contributed by atoms with Gasteiger partial charge in [0.25, 0.3) is 0 Å². The minimum absolute atomic E-state index is 0.288. The van der Waals surface area contributed by atoms with E-state index in [2.05, 4.69) is 26.0 Å². The number of hydrogen-bond acceptors (Lipinski definition) is 2. The van der Waals surface area contributed by atoms with Crippen molar-refractivity contribution in [1.29, 1.82) is 0 Å². The lowest BCUT2D eigenvalue weighted by Crippen LogP contribution is -2.48. The van der Waals surface area contributed by atoms with Gasteiger partial charge in [0.2, 0.25) is 0 Å². The van der Waals surface area contributed by atoms with Crippen LogP contribution in [0.3, 0.4) is 0 Å². The average molecular weight is 233 g/mol. The summed E-state index contributed by atoms with van der Waals surface area (Å²) in [5.41, 5.74) is 1.96. The molecule has 0 heterocycles. The number of likely N-dealkylation sites (N-methyl/N-ethyl adjacent to an activating group) is 1. The van der Waals surface area contributed by atoms with Gasteiger partial charge in [-0.3, -0.25) is 9.69 Å². The van der Waals surface area contributed by atoms with Gasteiger partial charge in [-0.15, -0.1) is 0 Å². The van der Waals surface area contributed by atoms with Crippen molar-refractivity contribution in [2.24, 2.45) is 0 Å². The van der Waals surface area contributed by atoms with Crippen LogP contribution in [-0.4, -0.2) is 30.3 Å². The Morgan fingerprint density at radius 1 is 1.35 bits per heavy atom. The lowest BCUT2D eigenvalue weighted by Gasteiger charge is -2.34. The van der Waals surface area contributed by atoms with Crippen molar-refractivity contribution in [2.45, 2.75) is 39.2 Å². The van der Waals surface area contributed by atoms with Gasteiger partial charge < -0.3 is 0 Å². The zero-order chi connectivity index (χ0) is 13.1. The summed E-state index contributed by atoms with van der Waals surface area (Å²) in [6.45, 7) is 6.14. The number of hydrogen-bond donors (Lipinski definition) is 0. The summed E-state index contributed by atoms with van der Waals surface area (Å²) in [5.74, 6) is 0.288. The highest BCUT2D eigenvalue weighted by molar-refractivity contribution is 5.89. The number of rotatable bonds is 5. The van der Waals surface area contributed by atoms with E-state index in [-0.39, 0.29) is 11.3 Å². The molecule has 1 aromatic rings. The van der Waals surface area contributed by atoms with Gasteiger partial charge in [0.1, 0.15) is 0 Å². The highest BCUT2D eigenvalue weighted by atomic mass is 16.1. The van der Waals surface area contributed by atoms with Gasteiger partial charge in [0.05, 0.1) is 5.54 Å². The summed E-state index contributed by atoms with van der Waals surface area (Å²) >= 11 is 0. The van der Waals surface area contributed by atoms with Crippen LogP contribution in [0.5, 0.6) is 0 Å². The van der Waals surface area contributed by atoms with Crippen molar-refractivity contribution in [1.82, 2.24) is 4.90 Å². The van der Waals surface area contributed by atoms with E-state index in [0.29, 0.717) is 6.42 Å². The van der Waals surface area contributed by atoms with Crippen molar-refractivity contribution in [3.05, 3.63) is 35.4 Å². The van der Waals surface area contributed by atoms with Crippen LogP contribution in [0.1, 0.15) is 31.4 Å². The van der Waals surface area contributed by atoms with E-state index in [1.807, 2.05) is 38.1 Å². The summed E-state index contributed by atoms with van der Waals surface area (Å²) in [4.78, 5) is 14.4. The molecule has 0 radical (unpaired) electrons. The van der Waals surface area contributed by atoms with Crippen LogP contribution in [0.25, 0.3) is 0 Å². The number of carbonyl (C=O) groups excluding carboxylic acids is 1. The van der Waals surface area contributed by atoms with E-state index in [1.54, 1.807) is 0 Å². The van der Waals surface area contributed by atoms with E-state index in [0.717, 1.165) is 12.0 Å². The fourth-order valence-corrected chi connectivity index (χ4v) is 1.96. The third-order valence-electron chi connectivity index (χ3n) is 3.72. The number of benzene rings is 1. The Bertz CT molecular complexity index is 398. The van der Waals surface area contributed by atoms with Crippen LogP contribution in [0, 0.1) is 6.92 Å². The maximum absolute atomic E-state index is 12.4. The van der Waals surface area contributed by atoms with Crippen molar-refractivity contribution in [3.8, 4) is 0 Å². The zero-order valence-corrected chi connectivity index (χ0v) is 11.6. The molecule has 0 bridgehead atoms. The Morgan fingerprint density at radius 2 is 2.00 bits per heavy atom. The van der Waals surface area contributed by atoms with E-state index < -0.39 is 0 Å². The highest BCUT2D eigenvalue weighted by Crippen LogP contribution is 2.20. The molecule has 1 unspecified atom stereocenters. The van der Waals surface area contributed by atoms with Crippen LogP contribution in [0.4, 0.5) is 0 Å². The van der Waals surface area contributed by atoms with Gasteiger partial charge >= 0.3 is 0 Å². The lowest BCUT2D eigenvalue weighted by molar-refractivity contribution is -0.128. The molecule has 0 aliphatic heterocycles. The second-order valence-corrected chi connectivity index (χ2v) is 5.11. The number of aryl methyl sites for hydroxylation is 1. The Balaban J connectivity index is 2.85. The SMILES string of the molecule is CCC(C)(C(=O)Cc1cccc(C)c1)N(C)C. The average Bonchev–Trinajstić information content (AvgIpc) is 2.27. The second-order valence-electron chi connectivity index (χ2n) is 5.11. The summed E-state index contributed by atoms with van der Waals surface area (Å²) in [6, 6.07) is 8.18. The van der Waals surface area contributed by atoms with Gasteiger partial charge in [0.15, 0.2) is 5.78 Å². The van der Waals surface area contributed by atoms with Gasteiger partial charge in [0, 0.05) is 6.42 Å². The van der Waals surface area contributed by atoms with Crippen LogP contribution in [-0.2, 0) is 11.2 Å². The van der Waals surface area contributed by atoms with E-state index >= 15 is 0 Å². The number of ketones is 1. The van der Waals surface area contributed by atoms with Crippen molar-refractivity contribution in [2.75, 3.05) is 14.1 Å². The first kappa shape index (κ1) is 13.9. The van der Waals surface area contributed by atoms with Crippen LogP contribution >= 0.6 is 0 Å². The van der Waals surface area contributed by atoms with Crippen LogP contribution < -0.4 is 0 Å². The Morgan fingerprint density at radius 3 is 2.47 bits per heavy atom. The minimum atomic E-state index is -0.357. The molecular formula is C15H23NO. The molecule has 0 aliphatic rings. The fourth-order valence-electron chi connectivity index (χ4n) is 1.96. The number of carbonyl (C=O) groups is 1. The molecule has 0 N–H and O–H groups in total. The molecule has 0 aliphatic carbocycles. The predicted molar refractivity (Wildman–Crippen MR) is 72.3 cm³/mol. The molecule has 94 valence electrons. The van der Waals surface area contributed by atoms with E-state index in [9.17, 15) is 4.79 Å². The molecule has 17 heavy (non-hydrogen) atoms. The first-order valence-electron chi connectivity index (χ1n) is 6.16. The monoisotopic (exact) mass is 233 g/mol. The highest BCUT2D eigenvalue weighted by Gasteiger charge is 2.32. The quantitative estimate of drug-likeness (QED) is 0.779. The minimum Gasteiger partial charge on any atom is -0.297 e. The van der Waals surface area contributed by atoms with Gasteiger partial charge in [-0.25, -0.2) is 0 Å². The molecule has 1 rings (SSSR count). The first-order valence-corrected chi connectivity index (χ1v) is 6.16. The molecular weight excluding hydrogens is 210 g/mol. The first-order chi connectivity index (χ1) is 7.90. The third-order valence-corrected chi connectivity index (χ3v) is 3.72. The zero-order valence-electron chi connectivity index (χ0n) is 11.6. The van der Waals surface area contributed by atoms with Crippen LogP contribution in [0.15, 0.2) is 24.3 Å². The van der Waals surface area contributed by atoms with Gasteiger partial charge in [-0.1, -0.05) is 36.8 Å². The Kier molecular flexibility index (Phi) is 4.47. The maximum Gasteiger partial charge on any atom is 0.157 e. The lowest BCUT2D eigenvalue weighted by atomic mass is 9.88. The molecule has 1 aromatic carbocycles. The normalized spacial score (nSPS) is 14.7. The summed E-state index contributed by atoms with van der Waals surface area (Å²) in [5, 5.41) is 0. The Hall–Kier alpha value is -1.15. The predicted octanol–water partition coefficient (Wildman–Crippen LogP) is 2.84. The standard InChI is InChI=1S/C15H23NO/c1-6-15(3,16(4)5)14(17)11-13-9-7-8-12(2)10-13/h7-10H,6,11H2,1-5H3. The number of Topliss-reactive ketones (excluding diaryl/α,β-unsaturated/α-hetero) is 1. The molecule has 1 atom stereocenters. The molecule has 2 heteroatoms. The van der Waals surface area contributed by atoms with Gasteiger partial charge in [-0.05, 0) is 39.9 Å². The molecule has 0 saturated heterocycles. The largest absolute Gasteiger partial charge is 0.297 e. The smallest absolute Gasteiger partial charge is 0.157 e. The maximum atomic E-state index is 12.4.